The molecule has 2 atom stereocenters. The Labute approximate surface area is 128 Å². The molecular weight excluding hydrogens is 296 g/mol. The van der Waals surface area contributed by atoms with Gasteiger partial charge in [0.1, 0.15) is 6.04 Å². The normalized spacial score (nSPS) is 27.7. The molecule has 7 heteroatoms. The van der Waals surface area contributed by atoms with Crippen LogP contribution in [0.4, 0.5) is 4.79 Å². The van der Waals surface area contributed by atoms with Gasteiger partial charge in [-0.1, -0.05) is 12.8 Å². The Bertz CT molecular complexity index is 349. The summed E-state index contributed by atoms with van der Waals surface area (Å²) in [6, 6.07) is -0.874. The molecule has 0 spiro atoms. The second-order valence-corrected chi connectivity index (χ2v) is 7.71. The van der Waals surface area contributed by atoms with E-state index in [-0.39, 0.29) is 6.03 Å². The first kappa shape index (κ1) is 15.8. The van der Waals surface area contributed by atoms with Crippen molar-refractivity contribution in [1.29, 1.82) is 0 Å². The molecule has 2 unspecified atom stereocenters. The fourth-order valence-electron chi connectivity index (χ4n) is 2.57. The largest absolute Gasteiger partial charge is 0.480 e. The minimum absolute atomic E-state index is 0.213. The van der Waals surface area contributed by atoms with Crippen LogP contribution in [0.2, 0.25) is 0 Å². The van der Waals surface area contributed by atoms with Crippen LogP contribution in [0.5, 0.6) is 0 Å². The van der Waals surface area contributed by atoms with Gasteiger partial charge in [0.15, 0.2) is 0 Å². The van der Waals surface area contributed by atoms with E-state index in [1.165, 1.54) is 10.7 Å². The first-order chi connectivity index (χ1) is 9.68. The Morgan fingerprint density at radius 2 is 2.10 bits per heavy atom. The van der Waals surface area contributed by atoms with E-state index in [0.717, 1.165) is 30.8 Å². The zero-order chi connectivity index (χ0) is 14.4. The van der Waals surface area contributed by atoms with Gasteiger partial charge in [-0.15, -0.1) is 0 Å². The molecule has 2 rings (SSSR count). The summed E-state index contributed by atoms with van der Waals surface area (Å²) in [5, 5.41) is 12.6. The van der Waals surface area contributed by atoms with Crippen molar-refractivity contribution >= 4 is 35.5 Å². The van der Waals surface area contributed by atoms with Crippen molar-refractivity contribution in [1.82, 2.24) is 10.2 Å². The second-order valence-electron chi connectivity index (χ2n) is 5.15. The molecular formula is C13H22N2O3S2. The highest BCUT2D eigenvalue weighted by Gasteiger charge is 2.31. The molecule has 20 heavy (non-hydrogen) atoms. The summed E-state index contributed by atoms with van der Waals surface area (Å²) in [5.74, 6) is 2.49. The number of carbonyl (C=O) groups is 2. The van der Waals surface area contributed by atoms with Crippen molar-refractivity contribution in [2.45, 2.75) is 37.0 Å². The van der Waals surface area contributed by atoms with Crippen LogP contribution < -0.4 is 5.32 Å². The smallest absolute Gasteiger partial charge is 0.326 e. The predicted molar refractivity (Wildman–Crippen MR) is 83.6 cm³/mol. The molecule has 0 saturated carbocycles. The van der Waals surface area contributed by atoms with Crippen molar-refractivity contribution in [3.8, 4) is 0 Å². The molecule has 2 N–H and O–H groups in total. The Kier molecular flexibility index (Phi) is 6.35. The number of thioether (sulfide) groups is 2. The highest BCUT2D eigenvalue weighted by atomic mass is 32.2. The van der Waals surface area contributed by atoms with E-state index in [0.29, 0.717) is 24.8 Å². The summed E-state index contributed by atoms with van der Waals surface area (Å²) >= 11 is 3.81. The first-order valence-electron chi connectivity index (χ1n) is 7.15. The third-order valence-electron chi connectivity index (χ3n) is 3.66. The average Bonchev–Trinajstić information content (AvgIpc) is 2.71. The van der Waals surface area contributed by atoms with Crippen molar-refractivity contribution in [3.05, 3.63) is 0 Å². The number of carboxylic acids is 1. The number of nitrogens with zero attached hydrogens (tertiary/aromatic N) is 1. The molecule has 2 heterocycles. The number of aliphatic carboxylic acids is 1. The predicted octanol–water partition coefficient (Wildman–Crippen LogP) is 1.87. The topological polar surface area (TPSA) is 69.6 Å². The molecule has 0 radical (unpaired) electrons. The maximum absolute atomic E-state index is 12.2. The van der Waals surface area contributed by atoms with Crippen LogP contribution >= 0.6 is 23.5 Å². The summed E-state index contributed by atoms with van der Waals surface area (Å²) in [4.78, 5) is 25.1. The summed E-state index contributed by atoms with van der Waals surface area (Å²) in [6.45, 7) is 1.19. The molecule has 0 aliphatic carbocycles. The average molecular weight is 318 g/mol. The van der Waals surface area contributed by atoms with Crippen LogP contribution in [0.15, 0.2) is 0 Å². The lowest BCUT2D eigenvalue weighted by molar-refractivity contribution is -0.142. The molecule has 2 amide bonds. The van der Waals surface area contributed by atoms with Gasteiger partial charge in [0.2, 0.25) is 0 Å². The number of rotatable bonds is 3. The second kappa shape index (κ2) is 8.02. The lowest BCUT2D eigenvalue weighted by atomic mass is 10.1. The zero-order valence-corrected chi connectivity index (χ0v) is 13.2. The summed E-state index contributed by atoms with van der Waals surface area (Å²) in [5.41, 5.74) is 0. The number of urea groups is 1. The van der Waals surface area contributed by atoms with E-state index in [2.05, 4.69) is 5.32 Å². The van der Waals surface area contributed by atoms with Crippen LogP contribution in [-0.4, -0.2) is 63.6 Å². The van der Waals surface area contributed by atoms with Crippen LogP contribution in [0.3, 0.4) is 0 Å². The van der Waals surface area contributed by atoms with Crippen LogP contribution in [-0.2, 0) is 4.79 Å². The number of nitrogens with one attached hydrogen (secondary N) is 1. The van der Waals surface area contributed by atoms with Crippen LogP contribution in [0, 0.1) is 0 Å². The SMILES string of the molecule is O=C(O)C1CCCCCN1C(=O)NCC1CSCCS1. The van der Waals surface area contributed by atoms with Gasteiger partial charge in [0, 0.05) is 35.6 Å². The molecule has 0 bridgehead atoms. The van der Waals surface area contributed by atoms with Gasteiger partial charge in [-0.05, 0) is 12.8 Å². The van der Waals surface area contributed by atoms with E-state index in [9.17, 15) is 14.7 Å². The highest BCUT2D eigenvalue weighted by Crippen LogP contribution is 2.23. The maximum atomic E-state index is 12.2. The van der Waals surface area contributed by atoms with Crippen molar-refractivity contribution in [2.75, 3.05) is 30.3 Å². The number of hydrogen-bond acceptors (Lipinski definition) is 4. The van der Waals surface area contributed by atoms with Crippen LogP contribution in [0.1, 0.15) is 25.7 Å². The Balaban J connectivity index is 1.86. The number of carbonyl (C=O) groups excluding carboxylic acids is 1. The van der Waals surface area contributed by atoms with Gasteiger partial charge in [-0.3, -0.25) is 0 Å². The molecule has 2 saturated heterocycles. The van der Waals surface area contributed by atoms with E-state index in [1.54, 1.807) is 0 Å². The lowest BCUT2D eigenvalue weighted by Crippen LogP contribution is -2.50. The Morgan fingerprint density at radius 1 is 1.25 bits per heavy atom. The van der Waals surface area contributed by atoms with Crippen molar-refractivity contribution in [3.63, 3.8) is 0 Å². The van der Waals surface area contributed by atoms with Crippen molar-refractivity contribution < 1.29 is 14.7 Å². The van der Waals surface area contributed by atoms with Gasteiger partial charge in [-0.25, -0.2) is 9.59 Å². The number of carboxylic acid groups (broad SMARTS) is 1. The summed E-state index contributed by atoms with van der Waals surface area (Å²) in [6.07, 6.45) is 3.35. The maximum Gasteiger partial charge on any atom is 0.326 e. The minimum Gasteiger partial charge on any atom is -0.480 e. The van der Waals surface area contributed by atoms with Crippen LogP contribution in [0.25, 0.3) is 0 Å². The minimum atomic E-state index is -0.885. The summed E-state index contributed by atoms with van der Waals surface area (Å²) < 4.78 is 0. The van der Waals surface area contributed by atoms with E-state index >= 15 is 0 Å². The van der Waals surface area contributed by atoms with E-state index < -0.39 is 12.0 Å². The fourth-order valence-corrected chi connectivity index (χ4v) is 5.18. The molecule has 0 aromatic heterocycles. The van der Waals surface area contributed by atoms with Gasteiger partial charge in [0.05, 0.1) is 0 Å². The van der Waals surface area contributed by atoms with Gasteiger partial charge in [-0.2, -0.15) is 23.5 Å². The van der Waals surface area contributed by atoms with E-state index in [1.807, 2.05) is 23.5 Å². The Hall–Kier alpha value is -0.560. The van der Waals surface area contributed by atoms with Crippen molar-refractivity contribution in [2.24, 2.45) is 0 Å². The number of amides is 2. The molecule has 2 fully saturated rings. The third kappa shape index (κ3) is 4.48. The molecule has 5 nitrogen and oxygen atoms in total. The third-order valence-corrected chi connectivity index (χ3v) is 6.51. The number of hydrogen-bond donors (Lipinski definition) is 2. The Morgan fingerprint density at radius 3 is 2.80 bits per heavy atom. The zero-order valence-electron chi connectivity index (χ0n) is 11.5. The van der Waals surface area contributed by atoms with E-state index in [4.69, 9.17) is 0 Å². The molecule has 114 valence electrons. The molecule has 2 aliphatic rings. The monoisotopic (exact) mass is 318 g/mol. The van der Waals surface area contributed by atoms with Gasteiger partial charge < -0.3 is 15.3 Å². The first-order valence-corrected chi connectivity index (χ1v) is 9.35. The highest BCUT2D eigenvalue weighted by molar-refractivity contribution is 8.06. The standard InChI is InChI=1S/C13H22N2O3S2/c16-12(17)11-4-2-1-3-5-15(11)13(18)14-8-10-9-19-6-7-20-10/h10-11H,1-9H2,(H,14,18)(H,16,17). The molecule has 2 aliphatic heterocycles. The van der Waals surface area contributed by atoms with Gasteiger partial charge in [0.25, 0.3) is 0 Å². The summed E-state index contributed by atoms with van der Waals surface area (Å²) in [7, 11) is 0. The quantitative estimate of drug-likeness (QED) is 0.831. The molecule has 0 aromatic rings. The fraction of sp³-hybridized carbons (Fsp3) is 0.846. The van der Waals surface area contributed by atoms with Gasteiger partial charge >= 0.3 is 12.0 Å². The molecule has 0 aromatic carbocycles. The number of likely N-dealkylation sites (tertiary alicyclic amines) is 1. The lowest BCUT2D eigenvalue weighted by Gasteiger charge is -2.28.